The lowest BCUT2D eigenvalue weighted by Crippen LogP contribution is -2.43. The first-order valence-corrected chi connectivity index (χ1v) is 6.73. The van der Waals surface area contributed by atoms with Gasteiger partial charge in [-0.2, -0.15) is 0 Å². The maximum absolute atomic E-state index is 12.3. The minimum Gasteiger partial charge on any atom is -0.392 e. The van der Waals surface area contributed by atoms with Gasteiger partial charge in [0.25, 0.3) is 5.69 Å². The van der Waals surface area contributed by atoms with Crippen LogP contribution in [0.3, 0.4) is 0 Å². The fraction of sp³-hybridized carbons (Fsp3) is 0.500. The Labute approximate surface area is 123 Å². The fourth-order valence-corrected chi connectivity index (χ4v) is 1.96. The van der Waals surface area contributed by atoms with Crippen molar-refractivity contribution in [2.45, 2.75) is 39.8 Å². The van der Waals surface area contributed by atoms with Crippen molar-refractivity contribution in [1.82, 2.24) is 4.90 Å². The number of benzene rings is 1. The average molecular weight is 295 g/mol. The van der Waals surface area contributed by atoms with Crippen LogP contribution < -0.4 is 5.32 Å². The van der Waals surface area contributed by atoms with Crippen LogP contribution in [-0.4, -0.2) is 39.7 Å². The summed E-state index contributed by atoms with van der Waals surface area (Å²) in [4.78, 5) is 24.1. The standard InChI is InChI=1S/C14H21N3O4/c1-9(2)16(8-10(3)18)14(19)15-12-6-5-7-13(11(12)4)17(20)21/h5-7,9-10,18H,8H2,1-4H3,(H,15,19). The molecule has 0 bridgehead atoms. The third-order valence-electron chi connectivity index (χ3n) is 3.09. The van der Waals surface area contributed by atoms with E-state index in [1.165, 1.54) is 17.0 Å². The van der Waals surface area contributed by atoms with E-state index in [-0.39, 0.29) is 18.3 Å². The molecule has 7 heteroatoms. The molecule has 7 nitrogen and oxygen atoms in total. The van der Waals surface area contributed by atoms with Crippen LogP contribution in [0.5, 0.6) is 0 Å². The number of carbonyl (C=O) groups is 1. The Morgan fingerprint density at radius 1 is 1.43 bits per heavy atom. The molecule has 0 aliphatic rings. The number of nitro benzene ring substituents is 1. The minimum absolute atomic E-state index is 0.0422. The van der Waals surface area contributed by atoms with Gasteiger partial charge in [0.15, 0.2) is 0 Å². The van der Waals surface area contributed by atoms with Gasteiger partial charge in [0.05, 0.1) is 22.3 Å². The topological polar surface area (TPSA) is 95.7 Å². The van der Waals surface area contributed by atoms with Crippen LogP contribution in [-0.2, 0) is 0 Å². The van der Waals surface area contributed by atoms with Gasteiger partial charge in [0.1, 0.15) is 0 Å². The molecule has 1 aromatic rings. The average Bonchev–Trinajstić information content (AvgIpc) is 2.37. The van der Waals surface area contributed by atoms with Crippen LogP contribution in [0.1, 0.15) is 26.3 Å². The van der Waals surface area contributed by atoms with E-state index in [1.807, 2.05) is 13.8 Å². The molecule has 2 amide bonds. The zero-order valence-corrected chi connectivity index (χ0v) is 12.7. The van der Waals surface area contributed by atoms with Crippen molar-refractivity contribution < 1.29 is 14.8 Å². The minimum atomic E-state index is -0.649. The second-order valence-corrected chi connectivity index (χ2v) is 5.23. The molecule has 0 saturated carbocycles. The van der Waals surface area contributed by atoms with Crippen LogP contribution >= 0.6 is 0 Å². The lowest BCUT2D eigenvalue weighted by molar-refractivity contribution is -0.385. The Kier molecular flexibility index (Phi) is 5.66. The second kappa shape index (κ2) is 7.03. The summed E-state index contributed by atoms with van der Waals surface area (Å²) in [7, 11) is 0. The molecule has 1 unspecified atom stereocenters. The summed E-state index contributed by atoms with van der Waals surface area (Å²) in [6, 6.07) is 4.03. The smallest absolute Gasteiger partial charge is 0.322 e. The molecule has 1 atom stereocenters. The van der Waals surface area contributed by atoms with Crippen molar-refractivity contribution in [3.8, 4) is 0 Å². The number of nitrogens with zero attached hydrogens (tertiary/aromatic N) is 2. The van der Waals surface area contributed by atoms with E-state index < -0.39 is 17.1 Å². The number of rotatable bonds is 5. The molecule has 0 fully saturated rings. The first kappa shape index (κ1) is 16.9. The Morgan fingerprint density at radius 2 is 2.05 bits per heavy atom. The molecule has 0 aliphatic carbocycles. The van der Waals surface area contributed by atoms with Crippen molar-refractivity contribution in [2.75, 3.05) is 11.9 Å². The van der Waals surface area contributed by atoms with E-state index in [0.29, 0.717) is 11.3 Å². The molecular formula is C14H21N3O4. The number of hydrogen-bond donors (Lipinski definition) is 2. The van der Waals surface area contributed by atoms with Gasteiger partial charge in [-0.1, -0.05) is 6.07 Å². The van der Waals surface area contributed by atoms with Gasteiger partial charge in [-0.25, -0.2) is 4.79 Å². The first-order valence-electron chi connectivity index (χ1n) is 6.73. The fourth-order valence-electron chi connectivity index (χ4n) is 1.96. The molecule has 21 heavy (non-hydrogen) atoms. The Balaban J connectivity index is 2.96. The monoisotopic (exact) mass is 295 g/mol. The summed E-state index contributed by atoms with van der Waals surface area (Å²) in [5, 5.41) is 23.0. The van der Waals surface area contributed by atoms with E-state index in [1.54, 1.807) is 19.9 Å². The molecule has 0 heterocycles. The third-order valence-corrected chi connectivity index (χ3v) is 3.09. The van der Waals surface area contributed by atoms with E-state index in [4.69, 9.17) is 0 Å². The van der Waals surface area contributed by atoms with Crippen molar-refractivity contribution >= 4 is 17.4 Å². The van der Waals surface area contributed by atoms with Crippen LogP contribution in [0.25, 0.3) is 0 Å². The highest BCUT2D eigenvalue weighted by Gasteiger charge is 2.21. The Hall–Kier alpha value is -2.15. The number of aliphatic hydroxyl groups excluding tert-OH is 1. The molecule has 1 rings (SSSR count). The van der Waals surface area contributed by atoms with E-state index in [2.05, 4.69) is 5.32 Å². The molecular weight excluding hydrogens is 274 g/mol. The molecule has 0 spiro atoms. The first-order chi connectivity index (χ1) is 9.73. The summed E-state index contributed by atoms with van der Waals surface area (Å²) in [5.74, 6) is 0. The number of aliphatic hydroxyl groups is 1. The van der Waals surface area contributed by atoms with Crippen molar-refractivity contribution in [2.24, 2.45) is 0 Å². The van der Waals surface area contributed by atoms with Gasteiger partial charge in [-0.15, -0.1) is 0 Å². The highest BCUT2D eigenvalue weighted by atomic mass is 16.6. The molecule has 0 aliphatic heterocycles. The van der Waals surface area contributed by atoms with Crippen LogP contribution in [0.2, 0.25) is 0 Å². The number of anilines is 1. The highest BCUT2D eigenvalue weighted by molar-refractivity contribution is 5.91. The number of nitrogens with one attached hydrogen (secondary N) is 1. The Morgan fingerprint density at radius 3 is 2.52 bits per heavy atom. The second-order valence-electron chi connectivity index (χ2n) is 5.23. The normalized spacial score (nSPS) is 12.1. The van der Waals surface area contributed by atoms with E-state index in [9.17, 15) is 20.0 Å². The summed E-state index contributed by atoms with van der Waals surface area (Å²) in [6.07, 6.45) is -0.649. The molecule has 0 aromatic heterocycles. The summed E-state index contributed by atoms with van der Waals surface area (Å²) in [6.45, 7) is 7.05. The summed E-state index contributed by atoms with van der Waals surface area (Å²) < 4.78 is 0. The van der Waals surface area contributed by atoms with Crippen LogP contribution in [0.15, 0.2) is 18.2 Å². The Bertz CT molecular complexity index is 529. The maximum atomic E-state index is 12.3. The SMILES string of the molecule is Cc1c(NC(=O)N(CC(C)O)C(C)C)cccc1[N+](=O)[O-]. The van der Waals surface area contributed by atoms with Crippen LogP contribution in [0, 0.1) is 17.0 Å². The molecule has 116 valence electrons. The predicted octanol–water partition coefficient (Wildman–Crippen LogP) is 2.53. The number of nitro groups is 1. The zero-order chi connectivity index (χ0) is 16.2. The molecule has 1 aromatic carbocycles. The summed E-state index contributed by atoms with van der Waals surface area (Å²) in [5.41, 5.74) is 0.751. The number of hydrogen-bond acceptors (Lipinski definition) is 4. The van der Waals surface area contributed by atoms with E-state index >= 15 is 0 Å². The van der Waals surface area contributed by atoms with Gasteiger partial charge in [0.2, 0.25) is 0 Å². The lowest BCUT2D eigenvalue weighted by Gasteiger charge is -2.28. The van der Waals surface area contributed by atoms with Gasteiger partial charge in [-0.3, -0.25) is 10.1 Å². The van der Waals surface area contributed by atoms with Gasteiger partial charge in [0, 0.05) is 18.7 Å². The third kappa shape index (κ3) is 4.42. The summed E-state index contributed by atoms with van der Waals surface area (Å²) >= 11 is 0. The number of urea groups is 1. The van der Waals surface area contributed by atoms with Gasteiger partial charge >= 0.3 is 6.03 Å². The van der Waals surface area contributed by atoms with Crippen molar-refractivity contribution in [3.63, 3.8) is 0 Å². The highest BCUT2D eigenvalue weighted by Crippen LogP contribution is 2.25. The van der Waals surface area contributed by atoms with Crippen LogP contribution in [0.4, 0.5) is 16.2 Å². The molecule has 2 N–H and O–H groups in total. The predicted molar refractivity (Wildman–Crippen MR) is 80.4 cm³/mol. The van der Waals surface area contributed by atoms with Gasteiger partial charge in [-0.05, 0) is 33.8 Å². The van der Waals surface area contributed by atoms with Gasteiger partial charge < -0.3 is 15.3 Å². The van der Waals surface area contributed by atoms with Crippen molar-refractivity contribution in [1.29, 1.82) is 0 Å². The quantitative estimate of drug-likeness (QED) is 0.644. The molecule has 0 saturated heterocycles. The lowest BCUT2D eigenvalue weighted by atomic mass is 10.1. The zero-order valence-electron chi connectivity index (χ0n) is 12.7. The van der Waals surface area contributed by atoms with Crippen molar-refractivity contribution in [3.05, 3.63) is 33.9 Å². The maximum Gasteiger partial charge on any atom is 0.322 e. The van der Waals surface area contributed by atoms with E-state index in [0.717, 1.165) is 0 Å². The largest absolute Gasteiger partial charge is 0.392 e. The number of amides is 2. The number of carbonyl (C=O) groups excluding carboxylic acids is 1. The molecule has 0 radical (unpaired) electrons.